The number of benzene rings is 1. The topological polar surface area (TPSA) is 82.5 Å². The first-order valence-corrected chi connectivity index (χ1v) is 7.14. The van der Waals surface area contributed by atoms with Crippen LogP contribution in [0.1, 0.15) is 11.9 Å². The molecule has 0 saturated heterocycles. The summed E-state index contributed by atoms with van der Waals surface area (Å²) in [5.41, 5.74) is 8.72. The van der Waals surface area contributed by atoms with E-state index in [1.165, 1.54) is 0 Å². The second-order valence-corrected chi connectivity index (χ2v) is 5.56. The van der Waals surface area contributed by atoms with Crippen LogP contribution in [0, 0.1) is 0 Å². The van der Waals surface area contributed by atoms with E-state index in [9.17, 15) is 0 Å². The summed E-state index contributed by atoms with van der Waals surface area (Å²) in [4.78, 5) is 4.62. The van der Waals surface area contributed by atoms with Crippen molar-refractivity contribution in [3.63, 3.8) is 0 Å². The van der Waals surface area contributed by atoms with E-state index >= 15 is 0 Å². The quantitative estimate of drug-likeness (QED) is 0.789. The lowest BCUT2D eigenvalue weighted by Gasteiger charge is -2.02. The van der Waals surface area contributed by atoms with Crippen LogP contribution in [0.5, 0.6) is 0 Å². The monoisotopic (exact) mass is 286 g/mol. The van der Waals surface area contributed by atoms with Gasteiger partial charge in [0.25, 0.3) is 0 Å². The fourth-order valence-corrected chi connectivity index (χ4v) is 2.85. The summed E-state index contributed by atoms with van der Waals surface area (Å²) >= 11 is 1.64. The molecule has 1 atom stereocenters. The van der Waals surface area contributed by atoms with E-state index in [0.717, 1.165) is 28.4 Å². The first kappa shape index (κ1) is 12.9. The number of hydrogen-bond donors (Lipinski definition) is 1. The normalized spacial score (nSPS) is 12.5. The Morgan fingerprint density at radius 1 is 1.40 bits per heavy atom. The highest BCUT2D eigenvalue weighted by Crippen LogP contribution is 2.24. The lowest BCUT2D eigenvalue weighted by atomic mass is 10.1. The number of rotatable bonds is 4. The zero-order chi connectivity index (χ0) is 13.9. The molecule has 102 valence electrons. The summed E-state index contributed by atoms with van der Waals surface area (Å²) in [6, 6.07) is 8.09. The van der Waals surface area contributed by atoms with E-state index in [0.29, 0.717) is 0 Å². The van der Waals surface area contributed by atoms with Crippen LogP contribution in [0.3, 0.4) is 0 Å². The third-order valence-electron chi connectivity index (χ3n) is 2.80. The van der Waals surface area contributed by atoms with Crippen molar-refractivity contribution >= 4 is 11.3 Å². The summed E-state index contributed by atoms with van der Waals surface area (Å²) in [6.45, 7) is 1.99. The standard InChI is InChI=1S/C13H14N6S/c1-9(14)5-13-16-12(7-20-13)10-3-2-4-11(6-10)19-8-15-17-18-19/h2-4,6-9H,5,14H2,1H3. The predicted molar refractivity (Wildman–Crippen MR) is 77.6 cm³/mol. The third kappa shape index (κ3) is 2.73. The number of hydrogen-bond acceptors (Lipinski definition) is 6. The van der Waals surface area contributed by atoms with Crippen molar-refractivity contribution in [1.82, 2.24) is 25.2 Å². The Labute approximate surface area is 120 Å². The van der Waals surface area contributed by atoms with Gasteiger partial charge in [-0.15, -0.1) is 16.4 Å². The fraction of sp³-hybridized carbons (Fsp3) is 0.231. The molecule has 20 heavy (non-hydrogen) atoms. The van der Waals surface area contributed by atoms with Gasteiger partial charge < -0.3 is 5.73 Å². The molecule has 7 heteroatoms. The molecule has 2 aromatic heterocycles. The maximum absolute atomic E-state index is 5.80. The average molecular weight is 286 g/mol. The van der Waals surface area contributed by atoms with E-state index in [1.54, 1.807) is 22.3 Å². The number of aromatic nitrogens is 5. The van der Waals surface area contributed by atoms with Crippen LogP contribution >= 0.6 is 11.3 Å². The highest BCUT2D eigenvalue weighted by molar-refractivity contribution is 7.09. The Bertz CT molecular complexity index is 688. The minimum absolute atomic E-state index is 0.126. The molecule has 2 heterocycles. The van der Waals surface area contributed by atoms with Crippen molar-refractivity contribution in [3.05, 3.63) is 41.0 Å². The molecular weight excluding hydrogens is 272 g/mol. The van der Waals surface area contributed by atoms with Gasteiger partial charge in [-0.1, -0.05) is 12.1 Å². The number of thiazole rings is 1. The molecule has 3 rings (SSSR count). The molecule has 0 amide bonds. The van der Waals surface area contributed by atoms with Gasteiger partial charge in [0, 0.05) is 23.4 Å². The second kappa shape index (κ2) is 5.48. The van der Waals surface area contributed by atoms with Crippen LogP contribution in [0.25, 0.3) is 16.9 Å². The minimum atomic E-state index is 0.126. The van der Waals surface area contributed by atoms with Crippen LogP contribution in [0.15, 0.2) is 36.0 Å². The largest absolute Gasteiger partial charge is 0.328 e. The van der Waals surface area contributed by atoms with Gasteiger partial charge in [-0.3, -0.25) is 0 Å². The highest BCUT2D eigenvalue weighted by atomic mass is 32.1. The SMILES string of the molecule is CC(N)Cc1nc(-c2cccc(-n3cnnn3)c2)cs1. The molecule has 0 aliphatic rings. The molecule has 0 bridgehead atoms. The summed E-state index contributed by atoms with van der Waals surface area (Å²) < 4.78 is 1.62. The Kier molecular flexibility index (Phi) is 3.53. The van der Waals surface area contributed by atoms with Gasteiger partial charge >= 0.3 is 0 Å². The number of nitrogens with two attached hydrogens (primary N) is 1. The zero-order valence-corrected chi connectivity index (χ0v) is 11.8. The molecule has 0 aliphatic carbocycles. The first-order chi connectivity index (χ1) is 9.72. The van der Waals surface area contributed by atoms with Gasteiger partial charge in [-0.05, 0) is 29.5 Å². The molecule has 0 spiro atoms. The van der Waals surface area contributed by atoms with Gasteiger partial charge in [-0.2, -0.15) is 0 Å². The Balaban J connectivity index is 1.90. The smallest absolute Gasteiger partial charge is 0.143 e. The van der Waals surface area contributed by atoms with Crippen molar-refractivity contribution in [2.24, 2.45) is 5.73 Å². The minimum Gasteiger partial charge on any atom is -0.328 e. The molecule has 6 nitrogen and oxygen atoms in total. The Hall–Kier alpha value is -2.12. The lowest BCUT2D eigenvalue weighted by Crippen LogP contribution is -2.17. The highest BCUT2D eigenvalue weighted by Gasteiger charge is 2.08. The van der Waals surface area contributed by atoms with Crippen LogP contribution in [0.4, 0.5) is 0 Å². The van der Waals surface area contributed by atoms with Crippen molar-refractivity contribution in [1.29, 1.82) is 0 Å². The summed E-state index contributed by atoms with van der Waals surface area (Å²) in [5, 5.41) is 14.3. The van der Waals surface area contributed by atoms with E-state index in [1.807, 2.05) is 31.2 Å². The van der Waals surface area contributed by atoms with Crippen molar-refractivity contribution < 1.29 is 0 Å². The Morgan fingerprint density at radius 3 is 3.05 bits per heavy atom. The van der Waals surface area contributed by atoms with Gasteiger partial charge in [0.05, 0.1) is 16.4 Å². The molecule has 1 aromatic carbocycles. The van der Waals surface area contributed by atoms with E-state index < -0.39 is 0 Å². The van der Waals surface area contributed by atoms with Gasteiger partial charge in [0.15, 0.2) is 0 Å². The molecule has 0 saturated carbocycles. The Morgan fingerprint density at radius 2 is 2.30 bits per heavy atom. The van der Waals surface area contributed by atoms with Crippen molar-refractivity contribution in [3.8, 4) is 16.9 Å². The zero-order valence-electron chi connectivity index (χ0n) is 11.0. The molecule has 0 radical (unpaired) electrons. The summed E-state index contributed by atoms with van der Waals surface area (Å²) in [6.07, 6.45) is 2.37. The first-order valence-electron chi connectivity index (χ1n) is 6.26. The maximum atomic E-state index is 5.80. The molecule has 0 fully saturated rings. The van der Waals surface area contributed by atoms with Crippen LogP contribution in [-0.4, -0.2) is 31.2 Å². The molecular formula is C13H14N6S. The van der Waals surface area contributed by atoms with E-state index in [-0.39, 0.29) is 6.04 Å². The molecule has 2 N–H and O–H groups in total. The van der Waals surface area contributed by atoms with E-state index in [4.69, 9.17) is 5.73 Å². The van der Waals surface area contributed by atoms with Crippen molar-refractivity contribution in [2.45, 2.75) is 19.4 Å². The fourth-order valence-electron chi connectivity index (χ4n) is 1.90. The van der Waals surface area contributed by atoms with Crippen LogP contribution in [-0.2, 0) is 6.42 Å². The van der Waals surface area contributed by atoms with Crippen LogP contribution < -0.4 is 5.73 Å². The van der Waals surface area contributed by atoms with Crippen LogP contribution in [0.2, 0.25) is 0 Å². The molecule has 0 aliphatic heterocycles. The number of nitrogens with zero attached hydrogens (tertiary/aromatic N) is 5. The summed E-state index contributed by atoms with van der Waals surface area (Å²) in [7, 11) is 0. The predicted octanol–water partition coefficient (Wildman–Crippen LogP) is 1.68. The third-order valence-corrected chi connectivity index (χ3v) is 3.67. The second-order valence-electron chi connectivity index (χ2n) is 4.61. The number of tetrazole rings is 1. The lowest BCUT2D eigenvalue weighted by molar-refractivity contribution is 0.734. The summed E-state index contributed by atoms with van der Waals surface area (Å²) in [5.74, 6) is 0. The molecule has 1 unspecified atom stereocenters. The average Bonchev–Trinajstić information content (AvgIpc) is 3.09. The van der Waals surface area contributed by atoms with Gasteiger partial charge in [0.1, 0.15) is 6.33 Å². The van der Waals surface area contributed by atoms with Gasteiger partial charge in [0.2, 0.25) is 0 Å². The van der Waals surface area contributed by atoms with Gasteiger partial charge in [-0.25, -0.2) is 9.67 Å². The van der Waals surface area contributed by atoms with E-state index in [2.05, 4.69) is 25.9 Å². The maximum Gasteiger partial charge on any atom is 0.143 e. The van der Waals surface area contributed by atoms with Crippen molar-refractivity contribution in [2.75, 3.05) is 0 Å². The molecule has 3 aromatic rings.